The number of hydrogen-bond acceptors (Lipinski definition) is 6. The maximum Gasteiger partial charge on any atom is 0.420 e. The van der Waals surface area contributed by atoms with E-state index in [1.54, 1.807) is 13.3 Å². The van der Waals surface area contributed by atoms with Gasteiger partial charge in [0.05, 0.1) is 19.0 Å². The van der Waals surface area contributed by atoms with E-state index in [0.717, 1.165) is 34.0 Å². The van der Waals surface area contributed by atoms with E-state index in [-0.39, 0.29) is 0 Å². The third-order valence-electron chi connectivity index (χ3n) is 6.56. The van der Waals surface area contributed by atoms with E-state index in [1.807, 2.05) is 39.1 Å². The summed E-state index contributed by atoms with van der Waals surface area (Å²) in [5.74, 6) is 1.26. The minimum atomic E-state index is -1.22. The van der Waals surface area contributed by atoms with Crippen molar-refractivity contribution < 1.29 is 19.0 Å². The van der Waals surface area contributed by atoms with Gasteiger partial charge in [-0.25, -0.2) is 19.7 Å². The molecule has 36 heavy (non-hydrogen) atoms. The van der Waals surface area contributed by atoms with Crippen LogP contribution >= 0.6 is 0 Å². The van der Waals surface area contributed by atoms with Gasteiger partial charge >= 0.3 is 6.09 Å². The van der Waals surface area contributed by atoms with Gasteiger partial charge in [-0.05, 0) is 44.2 Å². The number of benzene rings is 1. The Morgan fingerprint density at radius 3 is 2.61 bits per heavy atom. The standard InChI is InChI=1S/C26H33N5O4Si/c1-26(2)31(25(32)35-26)23-14-27-24-20(28-23)13-22(30(24)16-34-10-11-36(5,6)7)19-15-29(3)21-9-8-17(33-4)12-18(19)21/h8-9,12-15H,10-11,16H2,1-7H3. The summed E-state index contributed by atoms with van der Waals surface area (Å²) in [5.41, 5.74) is 3.70. The molecule has 4 aromatic rings. The molecule has 0 spiro atoms. The number of ether oxygens (including phenoxy) is 3. The lowest BCUT2D eigenvalue weighted by Crippen LogP contribution is -2.62. The summed E-state index contributed by atoms with van der Waals surface area (Å²) in [6.07, 6.45) is 3.30. The van der Waals surface area contributed by atoms with Crippen LogP contribution in [0.2, 0.25) is 25.7 Å². The number of aromatic nitrogens is 4. The molecule has 190 valence electrons. The van der Waals surface area contributed by atoms with Crippen molar-refractivity contribution in [2.45, 2.75) is 52.0 Å². The zero-order valence-corrected chi connectivity index (χ0v) is 23.0. The molecular formula is C26H33N5O4Si. The van der Waals surface area contributed by atoms with Gasteiger partial charge in [0.2, 0.25) is 0 Å². The molecule has 5 rings (SSSR count). The lowest BCUT2D eigenvalue weighted by atomic mass is 10.1. The molecule has 0 unspecified atom stereocenters. The van der Waals surface area contributed by atoms with Crippen LogP contribution in [0.3, 0.4) is 0 Å². The third kappa shape index (κ3) is 4.24. The monoisotopic (exact) mass is 507 g/mol. The molecule has 9 nitrogen and oxygen atoms in total. The molecule has 1 aliphatic rings. The number of nitrogens with zero attached hydrogens (tertiary/aromatic N) is 5. The van der Waals surface area contributed by atoms with E-state index < -0.39 is 19.9 Å². The molecule has 0 aliphatic carbocycles. The normalized spacial score (nSPS) is 15.4. The Bertz CT molecular complexity index is 1470. The highest BCUT2D eigenvalue weighted by molar-refractivity contribution is 6.76. The fourth-order valence-corrected chi connectivity index (χ4v) is 5.32. The zero-order valence-electron chi connectivity index (χ0n) is 22.0. The Balaban J connectivity index is 1.62. The van der Waals surface area contributed by atoms with Crippen molar-refractivity contribution in [3.8, 4) is 17.0 Å². The molecule has 1 aliphatic heterocycles. The van der Waals surface area contributed by atoms with Crippen LogP contribution in [0.1, 0.15) is 13.8 Å². The van der Waals surface area contributed by atoms with Crippen molar-refractivity contribution in [1.29, 1.82) is 0 Å². The van der Waals surface area contributed by atoms with Crippen molar-refractivity contribution >= 4 is 42.1 Å². The number of amides is 1. The van der Waals surface area contributed by atoms with Gasteiger partial charge in [-0.15, -0.1) is 0 Å². The molecule has 1 fully saturated rings. The van der Waals surface area contributed by atoms with Gasteiger partial charge in [-0.3, -0.25) is 4.57 Å². The predicted molar refractivity (Wildman–Crippen MR) is 143 cm³/mol. The number of carbonyl (C=O) groups is 1. The van der Waals surface area contributed by atoms with E-state index >= 15 is 0 Å². The van der Waals surface area contributed by atoms with Crippen LogP contribution in [0.4, 0.5) is 10.6 Å². The second kappa shape index (κ2) is 8.63. The molecule has 0 atom stereocenters. The largest absolute Gasteiger partial charge is 0.497 e. The maximum atomic E-state index is 12.1. The Hall–Kier alpha value is -3.37. The first kappa shape index (κ1) is 24.3. The maximum absolute atomic E-state index is 12.1. The van der Waals surface area contributed by atoms with Gasteiger partial charge in [0, 0.05) is 44.4 Å². The lowest BCUT2D eigenvalue weighted by Gasteiger charge is -2.45. The first-order chi connectivity index (χ1) is 17.0. The Kier molecular flexibility index (Phi) is 5.83. The molecule has 1 aromatic carbocycles. The van der Waals surface area contributed by atoms with E-state index in [9.17, 15) is 4.79 Å². The van der Waals surface area contributed by atoms with Crippen LogP contribution in [-0.4, -0.2) is 52.7 Å². The molecule has 0 radical (unpaired) electrons. The Morgan fingerprint density at radius 1 is 1.17 bits per heavy atom. The number of aryl methyl sites for hydroxylation is 1. The van der Waals surface area contributed by atoms with Crippen molar-refractivity contribution in [3.05, 3.63) is 36.7 Å². The van der Waals surface area contributed by atoms with Gasteiger partial charge in [0.15, 0.2) is 17.2 Å². The van der Waals surface area contributed by atoms with Gasteiger partial charge in [0.1, 0.15) is 18.0 Å². The second-order valence-electron chi connectivity index (χ2n) is 10.9. The predicted octanol–water partition coefficient (Wildman–Crippen LogP) is 5.60. The van der Waals surface area contributed by atoms with Gasteiger partial charge < -0.3 is 18.8 Å². The smallest absolute Gasteiger partial charge is 0.420 e. The first-order valence-corrected chi connectivity index (χ1v) is 15.8. The van der Waals surface area contributed by atoms with Crippen LogP contribution in [0, 0.1) is 0 Å². The number of methoxy groups -OCH3 is 1. The highest BCUT2D eigenvalue weighted by atomic mass is 28.3. The molecule has 0 N–H and O–H groups in total. The summed E-state index contributed by atoms with van der Waals surface area (Å²) in [7, 11) is 2.48. The summed E-state index contributed by atoms with van der Waals surface area (Å²) >= 11 is 0. The summed E-state index contributed by atoms with van der Waals surface area (Å²) < 4.78 is 21.1. The summed E-state index contributed by atoms with van der Waals surface area (Å²) in [5, 5.41) is 1.07. The van der Waals surface area contributed by atoms with Crippen LogP contribution in [0.5, 0.6) is 5.75 Å². The van der Waals surface area contributed by atoms with Crippen molar-refractivity contribution in [3.63, 3.8) is 0 Å². The highest BCUT2D eigenvalue weighted by Crippen LogP contribution is 2.37. The second-order valence-corrected chi connectivity index (χ2v) is 16.6. The molecule has 1 amide bonds. The lowest BCUT2D eigenvalue weighted by molar-refractivity contribution is -0.0199. The fraction of sp³-hybridized carbons (Fsp3) is 0.423. The first-order valence-electron chi connectivity index (χ1n) is 12.1. The zero-order chi connectivity index (χ0) is 25.8. The minimum absolute atomic E-state index is 0.356. The summed E-state index contributed by atoms with van der Waals surface area (Å²) in [6.45, 7) is 11.7. The average molecular weight is 508 g/mol. The number of cyclic esters (lactones) is 1. The Morgan fingerprint density at radius 2 is 1.94 bits per heavy atom. The van der Waals surface area contributed by atoms with E-state index in [4.69, 9.17) is 24.2 Å². The van der Waals surface area contributed by atoms with E-state index in [0.29, 0.717) is 30.3 Å². The fourth-order valence-electron chi connectivity index (χ4n) is 4.57. The van der Waals surface area contributed by atoms with Gasteiger partial charge in [-0.1, -0.05) is 19.6 Å². The average Bonchev–Trinajstić information content (AvgIpc) is 3.32. The molecule has 0 bridgehead atoms. The van der Waals surface area contributed by atoms with Crippen molar-refractivity contribution in [2.24, 2.45) is 7.05 Å². The minimum Gasteiger partial charge on any atom is -0.497 e. The summed E-state index contributed by atoms with van der Waals surface area (Å²) in [4.78, 5) is 23.2. The highest BCUT2D eigenvalue weighted by Gasteiger charge is 2.48. The van der Waals surface area contributed by atoms with Crippen molar-refractivity contribution in [1.82, 2.24) is 19.1 Å². The number of anilines is 1. The number of carbonyl (C=O) groups excluding carboxylic acids is 1. The topological polar surface area (TPSA) is 83.6 Å². The summed E-state index contributed by atoms with van der Waals surface area (Å²) in [6, 6.07) is 9.16. The molecule has 4 heterocycles. The Labute approximate surface area is 211 Å². The van der Waals surface area contributed by atoms with Crippen LogP contribution in [0.25, 0.3) is 33.3 Å². The molecule has 3 aromatic heterocycles. The number of fused-ring (bicyclic) bond motifs is 2. The SMILES string of the molecule is COc1ccc2c(c1)c(-c1cc3nc(N4C(=O)OC4(C)C)cnc3n1COCC[Si](C)(C)C)cn2C. The number of hydrogen-bond donors (Lipinski definition) is 0. The molecule has 0 saturated carbocycles. The van der Waals surface area contributed by atoms with Crippen LogP contribution < -0.4 is 9.64 Å². The quantitative estimate of drug-likeness (QED) is 0.228. The molecule has 1 saturated heterocycles. The van der Waals surface area contributed by atoms with E-state index in [1.165, 1.54) is 4.90 Å². The number of rotatable bonds is 8. The third-order valence-corrected chi connectivity index (χ3v) is 8.27. The van der Waals surface area contributed by atoms with Crippen LogP contribution in [-0.2, 0) is 23.3 Å². The molecule has 10 heteroatoms. The van der Waals surface area contributed by atoms with Crippen LogP contribution in [0.15, 0.2) is 36.7 Å². The van der Waals surface area contributed by atoms with Gasteiger partial charge in [0.25, 0.3) is 0 Å². The van der Waals surface area contributed by atoms with Crippen molar-refractivity contribution in [2.75, 3.05) is 18.6 Å². The van der Waals surface area contributed by atoms with E-state index in [2.05, 4.69) is 41.0 Å². The molecular weight excluding hydrogens is 474 g/mol. The van der Waals surface area contributed by atoms with Gasteiger partial charge in [-0.2, -0.15) is 0 Å².